The molecule has 2 aliphatic rings. The summed E-state index contributed by atoms with van der Waals surface area (Å²) in [6, 6.07) is 5.42. The summed E-state index contributed by atoms with van der Waals surface area (Å²) in [4.78, 5) is 14.2. The van der Waals surface area contributed by atoms with Crippen molar-refractivity contribution in [2.75, 3.05) is 6.54 Å². The summed E-state index contributed by atoms with van der Waals surface area (Å²) in [6.07, 6.45) is 4.38. The van der Waals surface area contributed by atoms with Crippen LogP contribution in [0.5, 0.6) is 5.75 Å². The van der Waals surface area contributed by atoms with Gasteiger partial charge in [-0.3, -0.25) is 4.79 Å². The summed E-state index contributed by atoms with van der Waals surface area (Å²) < 4.78 is 0. The van der Waals surface area contributed by atoms with Gasteiger partial charge in [-0.1, -0.05) is 6.07 Å². The molecule has 1 aliphatic heterocycles. The molecule has 1 aromatic carbocycles. The SMILES string of the molecule is NC1(CC(=O)N2CCc3ccc(O)cc3C2)CCC1. The topological polar surface area (TPSA) is 66.6 Å². The second kappa shape index (κ2) is 4.53. The fourth-order valence-corrected chi connectivity index (χ4v) is 2.98. The lowest BCUT2D eigenvalue weighted by molar-refractivity contribution is -0.134. The molecule has 102 valence electrons. The minimum atomic E-state index is -0.254. The number of phenols is 1. The van der Waals surface area contributed by atoms with E-state index in [9.17, 15) is 9.90 Å². The van der Waals surface area contributed by atoms with Gasteiger partial charge in [0, 0.05) is 25.0 Å². The standard InChI is InChI=1S/C15H20N2O2/c16-15(5-1-6-15)9-14(19)17-7-4-11-2-3-13(18)8-12(11)10-17/h2-3,8,18H,1,4-7,9-10,16H2. The number of carbonyl (C=O) groups is 1. The molecular weight excluding hydrogens is 240 g/mol. The van der Waals surface area contributed by atoms with E-state index < -0.39 is 0 Å². The Kier molecular flexibility index (Phi) is 2.97. The molecule has 0 unspecified atom stereocenters. The third-order valence-corrected chi connectivity index (χ3v) is 4.41. The average molecular weight is 260 g/mol. The van der Waals surface area contributed by atoms with Crippen molar-refractivity contribution in [3.8, 4) is 5.75 Å². The highest BCUT2D eigenvalue weighted by molar-refractivity contribution is 5.78. The Morgan fingerprint density at radius 1 is 1.37 bits per heavy atom. The largest absolute Gasteiger partial charge is 0.508 e. The van der Waals surface area contributed by atoms with Crippen molar-refractivity contribution in [3.63, 3.8) is 0 Å². The van der Waals surface area contributed by atoms with Crippen LogP contribution in [-0.2, 0) is 17.8 Å². The van der Waals surface area contributed by atoms with Gasteiger partial charge in [0.05, 0.1) is 0 Å². The van der Waals surface area contributed by atoms with Crippen molar-refractivity contribution in [3.05, 3.63) is 29.3 Å². The highest BCUT2D eigenvalue weighted by Crippen LogP contribution is 2.33. The number of nitrogens with zero attached hydrogens (tertiary/aromatic N) is 1. The maximum absolute atomic E-state index is 12.3. The van der Waals surface area contributed by atoms with Crippen LogP contribution in [-0.4, -0.2) is 28.0 Å². The highest BCUT2D eigenvalue weighted by Gasteiger charge is 2.36. The Morgan fingerprint density at radius 2 is 2.16 bits per heavy atom. The van der Waals surface area contributed by atoms with E-state index >= 15 is 0 Å². The molecule has 1 amide bonds. The maximum Gasteiger partial charge on any atom is 0.224 e. The Morgan fingerprint density at radius 3 is 2.84 bits per heavy atom. The lowest BCUT2D eigenvalue weighted by atomic mass is 9.75. The van der Waals surface area contributed by atoms with Crippen LogP contribution in [0.4, 0.5) is 0 Å². The number of benzene rings is 1. The summed E-state index contributed by atoms with van der Waals surface area (Å²) >= 11 is 0. The zero-order valence-electron chi connectivity index (χ0n) is 11.1. The molecule has 4 heteroatoms. The van der Waals surface area contributed by atoms with Crippen LogP contribution in [0.3, 0.4) is 0 Å². The van der Waals surface area contributed by atoms with Crippen molar-refractivity contribution >= 4 is 5.91 Å². The first-order valence-corrected chi connectivity index (χ1v) is 6.93. The minimum absolute atomic E-state index is 0.149. The second-order valence-electron chi connectivity index (χ2n) is 5.91. The highest BCUT2D eigenvalue weighted by atomic mass is 16.3. The van der Waals surface area contributed by atoms with E-state index in [0.717, 1.165) is 37.8 Å². The van der Waals surface area contributed by atoms with Crippen molar-refractivity contribution in [1.29, 1.82) is 0 Å². The van der Waals surface area contributed by atoms with Gasteiger partial charge in [-0.15, -0.1) is 0 Å². The first kappa shape index (κ1) is 12.5. The zero-order valence-corrected chi connectivity index (χ0v) is 11.1. The molecule has 3 N–H and O–H groups in total. The second-order valence-corrected chi connectivity index (χ2v) is 5.91. The van der Waals surface area contributed by atoms with Crippen LogP contribution in [0, 0.1) is 0 Å². The third kappa shape index (κ3) is 2.45. The predicted molar refractivity (Wildman–Crippen MR) is 72.6 cm³/mol. The smallest absolute Gasteiger partial charge is 0.224 e. The molecule has 0 atom stereocenters. The summed E-state index contributed by atoms with van der Waals surface area (Å²) in [5.74, 6) is 0.415. The predicted octanol–water partition coefficient (Wildman–Crippen LogP) is 1.55. The van der Waals surface area contributed by atoms with Gasteiger partial charge < -0.3 is 15.7 Å². The van der Waals surface area contributed by atoms with Gasteiger partial charge in [0.1, 0.15) is 5.75 Å². The lowest BCUT2D eigenvalue weighted by Gasteiger charge is -2.39. The molecule has 1 heterocycles. The first-order chi connectivity index (χ1) is 9.06. The van der Waals surface area contributed by atoms with Crippen LogP contribution >= 0.6 is 0 Å². The van der Waals surface area contributed by atoms with Crippen LogP contribution in [0.15, 0.2) is 18.2 Å². The molecule has 0 radical (unpaired) electrons. The molecule has 1 aromatic rings. The number of phenolic OH excluding ortho intramolecular Hbond substituents is 1. The van der Waals surface area contributed by atoms with Crippen molar-refractivity contribution in [2.24, 2.45) is 5.73 Å². The third-order valence-electron chi connectivity index (χ3n) is 4.41. The molecule has 1 saturated carbocycles. The molecule has 4 nitrogen and oxygen atoms in total. The summed E-state index contributed by atoms with van der Waals surface area (Å²) in [5.41, 5.74) is 8.17. The average Bonchev–Trinajstić information content (AvgIpc) is 2.36. The number of rotatable bonds is 2. The van der Waals surface area contributed by atoms with Crippen molar-refractivity contribution in [1.82, 2.24) is 4.90 Å². The quantitative estimate of drug-likeness (QED) is 0.847. The van der Waals surface area contributed by atoms with Crippen LogP contribution in [0.2, 0.25) is 0 Å². The normalized spacial score (nSPS) is 20.6. The van der Waals surface area contributed by atoms with Crippen molar-refractivity contribution in [2.45, 2.75) is 44.2 Å². The number of hydrogen-bond acceptors (Lipinski definition) is 3. The maximum atomic E-state index is 12.3. The van der Waals surface area contributed by atoms with Crippen LogP contribution < -0.4 is 5.73 Å². The molecule has 0 aromatic heterocycles. The van der Waals surface area contributed by atoms with Gasteiger partial charge in [-0.05, 0) is 48.9 Å². The van der Waals surface area contributed by atoms with E-state index in [4.69, 9.17) is 5.73 Å². The van der Waals surface area contributed by atoms with Gasteiger partial charge in [-0.2, -0.15) is 0 Å². The number of fused-ring (bicyclic) bond motifs is 1. The summed E-state index contributed by atoms with van der Waals surface area (Å²) in [7, 11) is 0. The van der Waals surface area contributed by atoms with E-state index in [0.29, 0.717) is 13.0 Å². The fourth-order valence-electron chi connectivity index (χ4n) is 2.98. The lowest BCUT2D eigenvalue weighted by Crippen LogP contribution is -2.51. The van der Waals surface area contributed by atoms with Gasteiger partial charge in [0.25, 0.3) is 0 Å². The molecule has 0 spiro atoms. The van der Waals surface area contributed by atoms with E-state index in [1.165, 1.54) is 5.56 Å². The van der Waals surface area contributed by atoms with E-state index in [1.807, 2.05) is 11.0 Å². The van der Waals surface area contributed by atoms with Crippen LogP contribution in [0.1, 0.15) is 36.8 Å². The van der Waals surface area contributed by atoms with Gasteiger partial charge in [0.15, 0.2) is 0 Å². The minimum Gasteiger partial charge on any atom is -0.508 e. The molecule has 1 aliphatic carbocycles. The number of nitrogens with two attached hydrogens (primary N) is 1. The molecule has 1 fully saturated rings. The molecule has 0 bridgehead atoms. The van der Waals surface area contributed by atoms with Gasteiger partial charge in [0.2, 0.25) is 5.91 Å². The summed E-state index contributed by atoms with van der Waals surface area (Å²) in [6.45, 7) is 1.35. The van der Waals surface area contributed by atoms with Crippen molar-refractivity contribution < 1.29 is 9.90 Å². The number of aromatic hydroxyl groups is 1. The fraction of sp³-hybridized carbons (Fsp3) is 0.533. The number of hydrogen-bond donors (Lipinski definition) is 2. The van der Waals surface area contributed by atoms with E-state index in [2.05, 4.69) is 0 Å². The van der Waals surface area contributed by atoms with E-state index in [-0.39, 0.29) is 17.2 Å². The Balaban J connectivity index is 1.69. The number of amides is 1. The Bertz CT molecular complexity index is 509. The molecule has 19 heavy (non-hydrogen) atoms. The zero-order chi connectivity index (χ0) is 13.5. The molecule has 3 rings (SSSR count). The monoisotopic (exact) mass is 260 g/mol. The Hall–Kier alpha value is -1.55. The number of carbonyl (C=O) groups excluding carboxylic acids is 1. The molecule has 0 saturated heterocycles. The van der Waals surface area contributed by atoms with Gasteiger partial charge >= 0.3 is 0 Å². The van der Waals surface area contributed by atoms with E-state index in [1.54, 1.807) is 12.1 Å². The first-order valence-electron chi connectivity index (χ1n) is 6.93. The molecular formula is C15H20N2O2. The Labute approximate surface area is 113 Å². The summed E-state index contributed by atoms with van der Waals surface area (Å²) in [5, 5.41) is 9.52. The van der Waals surface area contributed by atoms with Crippen LogP contribution in [0.25, 0.3) is 0 Å². The van der Waals surface area contributed by atoms with Gasteiger partial charge in [-0.25, -0.2) is 0 Å².